The van der Waals surface area contributed by atoms with E-state index in [9.17, 15) is 9.59 Å². The van der Waals surface area contributed by atoms with Crippen LogP contribution in [0, 0.1) is 5.41 Å². The molecule has 0 saturated heterocycles. The number of fused-ring (bicyclic) bond motifs is 2. The zero-order chi connectivity index (χ0) is 17.3. The summed E-state index contributed by atoms with van der Waals surface area (Å²) in [5, 5.41) is 11.1. The highest BCUT2D eigenvalue weighted by Crippen LogP contribution is 2.10. The van der Waals surface area contributed by atoms with Crippen LogP contribution in [0.15, 0.2) is 35.3 Å². The molecule has 3 aromatic rings. The van der Waals surface area contributed by atoms with Crippen molar-refractivity contribution < 1.29 is 9.53 Å². The Kier molecular flexibility index (Phi) is 4.13. The van der Waals surface area contributed by atoms with Crippen LogP contribution in [0.2, 0.25) is 0 Å². The van der Waals surface area contributed by atoms with E-state index in [-0.39, 0.29) is 22.0 Å². The van der Waals surface area contributed by atoms with Gasteiger partial charge in [0.05, 0.1) is 17.6 Å². The smallest absolute Gasteiger partial charge is 0.267 e. The summed E-state index contributed by atoms with van der Waals surface area (Å²) in [6.45, 7) is 0.644. The number of hydrogen-bond acceptors (Lipinski definition) is 5. The van der Waals surface area contributed by atoms with Gasteiger partial charge in [0.2, 0.25) is 0 Å². The van der Waals surface area contributed by atoms with Crippen molar-refractivity contribution in [3.63, 3.8) is 0 Å². The Morgan fingerprint density at radius 1 is 1.42 bits per heavy atom. The molecule has 0 aromatic carbocycles. The lowest BCUT2D eigenvalue weighted by atomic mass is 10.2. The standard InChI is InChI=1S/C16H17N5O3/c1-18-15(22)10-9-11-14(21(13(10)17)7-8-24-2)19-12-5-3-4-6-20(12)16(11)23/h3-6,9,17H,7-8H2,1-2H3,(H,18,22). The number of ether oxygens (including phenoxy) is 1. The highest BCUT2D eigenvalue weighted by atomic mass is 16.5. The number of aromatic nitrogens is 3. The average molecular weight is 327 g/mol. The van der Waals surface area contributed by atoms with Crippen LogP contribution in [-0.2, 0) is 11.3 Å². The fourth-order valence-electron chi connectivity index (χ4n) is 2.60. The Hall–Kier alpha value is -3.00. The molecular formula is C16H17N5O3. The van der Waals surface area contributed by atoms with Crippen LogP contribution in [-0.4, -0.2) is 40.6 Å². The van der Waals surface area contributed by atoms with Gasteiger partial charge in [-0.05, 0) is 18.2 Å². The molecule has 124 valence electrons. The summed E-state index contributed by atoms with van der Waals surface area (Å²) in [4.78, 5) is 29.3. The molecule has 0 spiro atoms. The van der Waals surface area contributed by atoms with Crippen LogP contribution in [0.4, 0.5) is 0 Å². The predicted molar refractivity (Wildman–Crippen MR) is 88.1 cm³/mol. The summed E-state index contributed by atoms with van der Waals surface area (Å²) in [7, 11) is 3.03. The third-order valence-electron chi connectivity index (χ3n) is 3.81. The molecule has 24 heavy (non-hydrogen) atoms. The number of nitrogens with zero attached hydrogens (tertiary/aromatic N) is 3. The number of carbonyl (C=O) groups excluding carboxylic acids is 1. The van der Waals surface area contributed by atoms with Gasteiger partial charge in [0.15, 0.2) is 0 Å². The minimum Gasteiger partial charge on any atom is -0.383 e. The van der Waals surface area contributed by atoms with Gasteiger partial charge in [-0.25, -0.2) is 4.98 Å². The van der Waals surface area contributed by atoms with E-state index in [1.807, 2.05) is 0 Å². The summed E-state index contributed by atoms with van der Waals surface area (Å²) in [6.07, 6.45) is 1.62. The minimum atomic E-state index is -0.425. The fraction of sp³-hybridized carbons (Fsp3) is 0.250. The highest BCUT2D eigenvalue weighted by Gasteiger charge is 2.16. The van der Waals surface area contributed by atoms with Gasteiger partial charge in [0, 0.05) is 26.9 Å². The molecule has 3 aromatic heterocycles. The maximum Gasteiger partial charge on any atom is 0.267 e. The molecule has 8 heteroatoms. The lowest BCUT2D eigenvalue weighted by Crippen LogP contribution is -2.34. The van der Waals surface area contributed by atoms with Crippen molar-refractivity contribution >= 4 is 22.6 Å². The van der Waals surface area contributed by atoms with E-state index in [0.29, 0.717) is 24.4 Å². The maximum atomic E-state index is 12.8. The third kappa shape index (κ3) is 2.46. The number of rotatable bonds is 4. The average Bonchev–Trinajstić information content (AvgIpc) is 2.60. The molecule has 0 aliphatic rings. The molecule has 3 heterocycles. The van der Waals surface area contributed by atoms with Crippen LogP contribution in [0.5, 0.6) is 0 Å². The second-order valence-corrected chi connectivity index (χ2v) is 5.21. The van der Waals surface area contributed by atoms with Crippen molar-refractivity contribution in [2.45, 2.75) is 6.54 Å². The number of pyridine rings is 2. The monoisotopic (exact) mass is 327 g/mol. The van der Waals surface area contributed by atoms with Gasteiger partial charge in [0.1, 0.15) is 16.8 Å². The quantitative estimate of drug-likeness (QED) is 0.665. The molecule has 0 bridgehead atoms. The molecule has 3 rings (SSSR count). The van der Waals surface area contributed by atoms with Crippen LogP contribution >= 0.6 is 0 Å². The maximum absolute atomic E-state index is 12.8. The van der Waals surface area contributed by atoms with Crippen molar-refractivity contribution in [2.75, 3.05) is 20.8 Å². The molecule has 8 nitrogen and oxygen atoms in total. The SMILES string of the molecule is CNC(=O)c1cc2c(=O)n3ccccc3nc2n(CCOC)c1=N. The van der Waals surface area contributed by atoms with Gasteiger partial charge in [0.25, 0.3) is 11.5 Å². The van der Waals surface area contributed by atoms with Gasteiger partial charge in [-0.1, -0.05) is 6.07 Å². The number of methoxy groups -OCH3 is 1. The van der Waals surface area contributed by atoms with E-state index in [0.717, 1.165) is 0 Å². The Morgan fingerprint density at radius 3 is 2.92 bits per heavy atom. The molecule has 0 atom stereocenters. The first-order chi connectivity index (χ1) is 11.6. The second kappa shape index (κ2) is 6.25. The summed E-state index contributed by atoms with van der Waals surface area (Å²) in [6, 6.07) is 6.67. The first-order valence-corrected chi connectivity index (χ1v) is 7.39. The topological polar surface area (TPSA) is 101 Å². The van der Waals surface area contributed by atoms with Crippen LogP contribution in [0.3, 0.4) is 0 Å². The van der Waals surface area contributed by atoms with E-state index in [2.05, 4.69) is 10.3 Å². The zero-order valence-electron chi connectivity index (χ0n) is 13.4. The first-order valence-electron chi connectivity index (χ1n) is 7.39. The Bertz CT molecular complexity index is 1050. The van der Waals surface area contributed by atoms with Crippen LogP contribution in [0.1, 0.15) is 10.4 Å². The highest BCUT2D eigenvalue weighted by molar-refractivity contribution is 5.96. The van der Waals surface area contributed by atoms with E-state index < -0.39 is 5.91 Å². The lowest BCUT2D eigenvalue weighted by molar-refractivity contribution is 0.0960. The summed E-state index contributed by atoms with van der Waals surface area (Å²) in [5.74, 6) is -0.425. The van der Waals surface area contributed by atoms with Crippen molar-refractivity contribution in [1.29, 1.82) is 5.41 Å². The molecule has 0 saturated carbocycles. The van der Waals surface area contributed by atoms with Crippen molar-refractivity contribution in [1.82, 2.24) is 19.3 Å². The normalized spacial score (nSPS) is 11.1. The number of amides is 1. The third-order valence-corrected chi connectivity index (χ3v) is 3.81. The fourth-order valence-corrected chi connectivity index (χ4v) is 2.60. The predicted octanol–water partition coefficient (Wildman–Crippen LogP) is 0.135. The van der Waals surface area contributed by atoms with Gasteiger partial charge in [-0.2, -0.15) is 0 Å². The molecule has 0 fully saturated rings. The van der Waals surface area contributed by atoms with Gasteiger partial charge in [-0.15, -0.1) is 0 Å². The Balaban J connectivity index is 2.47. The summed E-state index contributed by atoms with van der Waals surface area (Å²) >= 11 is 0. The van der Waals surface area contributed by atoms with Gasteiger partial charge < -0.3 is 14.6 Å². The lowest BCUT2D eigenvalue weighted by Gasteiger charge is -2.13. The number of nitrogens with one attached hydrogen (secondary N) is 2. The molecule has 0 radical (unpaired) electrons. The Labute approximate surface area is 136 Å². The van der Waals surface area contributed by atoms with Crippen molar-refractivity contribution in [2.24, 2.45) is 0 Å². The molecule has 0 aliphatic heterocycles. The molecule has 0 aliphatic carbocycles. The van der Waals surface area contributed by atoms with E-state index in [4.69, 9.17) is 10.1 Å². The van der Waals surface area contributed by atoms with Gasteiger partial charge in [-0.3, -0.25) is 19.4 Å². The van der Waals surface area contributed by atoms with Crippen LogP contribution in [0.25, 0.3) is 16.7 Å². The van der Waals surface area contributed by atoms with E-state index in [1.54, 1.807) is 31.5 Å². The van der Waals surface area contributed by atoms with Gasteiger partial charge >= 0.3 is 0 Å². The van der Waals surface area contributed by atoms with E-state index >= 15 is 0 Å². The Morgan fingerprint density at radius 2 is 2.21 bits per heavy atom. The van der Waals surface area contributed by atoms with Crippen molar-refractivity contribution in [3.8, 4) is 0 Å². The van der Waals surface area contributed by atoms with E-state index in [1.165, 1.54) is 22.1 Å². The summed E-state index contributed by atoms with van der Waals surface area (Å²) in [5.41, 5.74) is 0.669. The number of carbonyl (C=O) groups is 1. The minimum absolute atomic E-state index is 0.00826. The molecular weight excluding hydrogens is 310 g/mol. The zero-order valence-corrected chi connectivity index (χ0v) is 13.4. The van der Waals surface area contributed by atoms with Crippen molar-refractivity contribution in [3.05, 3.63) is 51.9 Å². The first kappa shape index (κ1) is 15.9. The molecule has 1 amide bonds. The second-order valence-electron chi connectivity index (χ2n) is 5.21. The number of hydrogen-bond donors (Lipinski definition) is 2. The molecule has 0 unspecified atom stereocenters. The summed E-state index contributed by atoms with van der Waals surface area (Å²) < 4.78 is 8.02. The largest absolute Gasteiger partial charge is 0.383 e. The van der Waals surface area contributed by atoms with Crippen LogP contribution < -0.4 is 16.4 Å². The molecule has 2 N–H and O–H groups in total.